The number of benzene rings is 3. The first-order chi connectivity index (χ1) is 16.4. The molecule has 1 aliphatic rings. The monoisotopic (exact) mass is 466 g/mol. The van der Waals surface area contributed by atoms with Gasteiger partial charge in [-0.25, -0.2) is 0 Å². The molecule has 5 rings (SSSR count). The molecular weight excluding hydrogens is 444 g/mol. The number of methoxy groups -OCH3 is 2. The van der Waals surface area contributed by atoms with Crippen LogP contribution < -0.4 is 24.4 Å². The van der Waals surface area contributed by atoms with Gasteiger partial charge in [0, 0.05) is 17.7 Å². The van der Waals surface area contributed by atoms with Crippen LogP contribution in [0, 0.1) is 0 Å². The van der Waals surface area contributed by atoms with E-state index < -0.39 is 17.6 Å². The van der Waals surface area contributed by atoms with Gasteiger partial charge < -0.3 is 38.7 Å². The van der Waals surface area contributed by atoms with Crippen LogP contribution in [0.15, 0.2) is 45.6 Å². The summed E-state index contributed by atoms with van der Waals surface area (Å²) in [5.41, 5.74) is 0.384. The Kier molecular flexibility index (Phi) is 5.04. The summed E-state index contributed by atoms with van der Waals surface area (Å²) in [5.74, 6) is 0.326. The number of rotatable bonds is 4. The molecule has 176 valence electrons. The summed E-state index contributed by atoms with van der Waals surface area (Å²) >= 11 is 0. The molecule has 1 aliphatic heterocycles. The second kappa shape index (κ2) is 7.95. The highest BCUT2D eigenvalue weighted by Gasteiger charge is 2.35. The summed E-state index contributed by atoms with van der Waals surface area (Å²) in [6.07, 6.45) is -0.500. The summed E-state index contributed by atoms with van der Waals surface area (Å²) in [5, 5.41) is 30.4. The molecule has 4 aromatic rings. The van der Waals surface area contributed by atoms with Crippen LogP contribution in [-0.4, -0.2) is 35.6 Å². The maximum absolute atomic E-state index is 13.1. The fraction of sp³-hybridized carbons (Fsp3) is 0.240. The molecule has 1 aromatic heterocycles. The lowest BCUT2D eigenvalue weighted by atomic mass is 9.99. The molecule has 9 nitrogen and oxygen atoms in total. The molecule has 2 atom stereocenters. The highest BCUT2D eigenvalue weighted by atomic mass is 16.6. The third kappa shape index (κ3) is 3.20. The molecule has 9 heteroatoms. The standard InChI is InChI=1S/C25H22O9/c1-4-15-23(11-7-18(30-2)22(29)19(8-11)31-3)33-16-6-5-13-21(28)20-14(27)9-12(26)10-17(20)34-24(13)25(16)32-15/h5-10,15,23,26-27,29H,4H2,1-3H3. The van der Waals surface area contributed by atoms with Gasteiger partial charge >= 0.3 is 0 Å². The molecule has 0 radical (unpaired) electrons. The molecule has 2 heterocycles. The number of ether oxygens (including phenoxy) is 4. The lowest BCUT2D eigenvalue weighted by molar-refractivity contribution is 0.0180. The largest absolute Gasteiger partial charge is 0.508 e. The Morgan fingerprint density at radius 1 is 0.971 bits per heavy atom. The summed E-state index contributed by atoms with van der Waals surface area (Å²) in [4.78, 5) is 13.1. The Balaban J connectivity index is 1.68. The van der Waals surface area contributed by atoms with E-state index in [1.54, 1.807) is 18.2 Å². The van der Waals surface area contributed by atoms with Crippen LogP contribution in [0.4, 0.5) is 0 Å². The molecule has 0 spiro atoms. The number of phenolic OH excluding ortho intramolecular Hbond substituents is 3. The molecule has 0 amide bonds. The minimum absolute atomic E-state index is 0.0233. The van der Waals surface area contributed by atoms with E-state index in [-0.39, 0.29) is 56.4 Å². The lowest BCUT2D eigenvalue weighted by Crippen LogP contribution is -2.33. The number of phenols is 3. The predicted molar refractivity (Wildman–Crippen MR) is 123 cm³/mol. The van der Waals surface area contributed by atoms with E-state index in [4.69, 9.17) is 23.4 Å². The van der Waals surface area contributed by atoms with E-state index in [0.29, 0.717) is 17.7 Å². The van der Waals surface area contributed by atoms with Gasteiger partial charge in [-0.1, -0.05) is 6.92 Å². The summed E-state index contributed by atoms with van der Waals surface area (Å²) in [7, 11) is 2.88. The van der Waals surface area contributed by atoms with E-state index in [0.717, 1.165) is 6.07 Å². The van der Waals surface area contributed by atoms with E-state index in [9.17, 15) is 20.1 Å². The molecule has 34 heavy (non-hydrogen) atoms. The summed E-state index contributed by atoms with van der Waals surface area (Å²) in [6, 6.07) is 8.79. The normalized spacial score (nSPS) is 17.1. The number of aromatic hydroxyl groups is 3. The molecule has 3 N–H and O–H groups in total. The van der Waals surface area contributed by atoms with Gasteiger partial charge in [0.2, 0.25) is 16.9 Å². The smallest absolute Gasteiger partial charge is 0.205 e. The Morgan fingerprint density at radius 3 is 2.32 bits per heavy atom. The summed E-state index contributed by atoms with van der Waals surface area (Å²) < 4.78 is 29.0. The van der Waals surface area contributed by atoms with Gasteiger partial charge in [0.15, 0.2) is 28.9 Å². The molecule has 0 saturated carbocycles. The first-order valence-electron chi connectivity index (χ1n) is 10.6. The second-order valence-electron chi connectivity index (χ2n) is 7.92. The zero-order chi connectivity index (χ0) is 24.1. The summed E-state index contributed by atoms with van der Waals surface area (Å²) in [6.45, 7) is 1.92. The first kappa shape index (κ1) is 21.6. The fourth-order valence-electron chi connectivity index (χ4n) is 4.25. The molecule has 0 fully saturated rings. The number of hydrogen-bond acceptors (Lipinski definition) is 9. The van der Waals surface area contributed by atoms with E-state index in [2.05, 4.69) is 0 Å². The molecular formula is C25H22O9. The van der Waals surface area contributed by atoms with Crippen molar-refractivity contribution < 1.29 is 38.7 Å². The SMILES string of the molecule is CCC1Oc2c(ccc3c(=O)c4c(O)cc(O)cc4oc23)OC1c1cc(OC)c(O)c(OC)c1. The van der Waals surface area contributed by atoms with Crippen molar-refractivity contribution in [1.29, 1.82) is 0 Å². The van der Waals surface area contributed by atoms with Gasteiger partial charge in [0.05, 0.1) is 19.6 Å². The van der Waals surface area contributed by atoms with Gasteiger partial charge in [-0.15, -0.1) is 0 Å². The second-order valence-corrected chi connectivity index (χ2v) is 7.92. The maximum Gasteiger partial charge on any atom is 0.205 e. The molecule has 0 bridgehead atoms. The van der Waals surface area contributed by atoms with Crippen molar-refractivity contribution in [2.75, 3.05) is 14.2 Å². The van der Waals surface area contributed by atoms with Crippen LogP contribution in [0.3, 0.4) is 0 Å². The zero-order valence-electron chi connectivity index (χ0n) is 18.6. The Hall–Kier alpha value is -4.27. The van der Waals surface area contributed by atoms with Crippen LogP contribution >= 0.6 is 0 Å². The van der Waals surface area contributed by atoms with Crippen LogP contribution in [0.5, 0.6) is 40.2 Å². The lowest BCUT2D eigenvalue weighted by Gasteiger charge is -2.34. The maximum atomic E-state index is 13.1. The average Bonchev–Trinajstić information content (AvgIpc) is 2.82. The molecule has 0 saturated heterocycles. The average molecular weight is 466 g/mol. The molecule has 3 aromatic carbocycles. The molecule has 2 unspecified atom stereocenters. The van der Waals surface area contributed by atoms with E-state index in [1.807, 2.05) is 6.92 Å². The van der Waals surface area contributed by atoms with E-state index in [1.165, 1.54) is 26.4 Å². The van der Waals surface area contributed by atoms with Gasteiger partial charge in [-0.3, -0.25) is 4.79 Å². The van der Waals surface area contributed by atoms with Crippen LogP contribution in [0.25, 0.3) is 21.9 Å². The van der Waals surface area contributed by atoms with E-state index >= 15 is 0 Å². The van der Waals surface area contributed by atoms with Crippen molar-refractivity contribution in [3.8, 4) is 40.2 Å². The van der Waals surface area contributed by atoms with Gasteiger partial charge in [-0.2, -0.15) is 0 Å². The Morgan fingerprint density at radius 2 is 1.68 bits per heavy atom. The minimum atomic E-state index is -0.571. The number of fused-ring (bicyclic) bond motifs is 4. The fourth-order valence-corrected chi connectivity index (χ4v) is 4.25. The zero-order valence-corrected chi connectivity index (χ0v) is 18.6. The van der Waals surface area contributed by atoms with Crippen molar-refractivity contribution in [3.05, 3.63) is 52.2 Å². The Labute approximate surface area is 193 Å². The number of hydrogen-bond donors (Lipinski definition) is 3. The Bertz CT molecular complexity index is 1460. The highest BCUT2D eigenvalue weighted by Crippen LogP contribution is 2.47. The van der Waals surface area contributed by atoms with Crippen molar-refractivity contribution >= 4 is 21.9 Å². The molecule has 0 aliphatic carbocycles. The van der Waals surface area contributed by atoms with Crippen molar-refractivity contribution in [2.24, 2.45) is 0 Å². The van der Waals surface area contributed by atoms with Crippen molar-refractivity contribution in [2.45, 2.75) is 25.6 Å². The third-order valence-corrected chi connectivity index (χ3v) is 5.92. The highest BCUT2D eigenvalue weighted by molar-refractivity contribution is 5.96. The topological polar surface area (TPSA) is 128 Å². The van der Waals surface area contributed by atoms with Gasteiger partial charge in [0.1, 0.15) is 28.6 Å². The van der Waals surface area contributed by atoms with Crippen LogP contribution in [-0.2, 0) is 0 Å². The van der Waals surface area contributed by atoms with Crippen LogP contribution in [0.2, 0.25) is 0 Å². The van der Waals surface area contributed by atoms with Crippen molar-refractivity contribution in [3.63, 3.8) is 0 Å². The van der Waals surface area contributed by atoms with Crippen LogP contribution in [0.1, 0.15) is 25.0 Å². The third-order valence-electron chi connectivity index (χ3n) is 5.92. The van der Waals surface area contributed by atoms with Gasteiger partial charge in [-0.05, 0) is 30.7 Å². The van der Waals surface area contributed by atoms with Gasteiger partial charge in [0.25, 0.3) is 0 Å². The first-order valence-corrected chi connectivity index (χ1v) is 10.6. The predicted octanol–water partition coefficient (Wildman–Crippen LogP) is 4.37. The quantitative estimate of drug-likeness (QED) is 0.376. The van der Waals surface area contributed by atoms with Crippen molar-refractivity contribution in [1.82, 2.24) is 0 Å². The minimum Gasteiger partial charge on any atom is -0.508 e.